The molecule has 1 atom stereocenters. The lowest BCUT2D eigenvalue weighted by Gasteiger charge is -2.19. The minimum atomic E-state index is -0.593. The van der Waals surface area contributed by atoms with E-state index in [9.17, 15) is 19.8 Å². The summed E-state index contributed by atoms with van der Waals surface area (Å²) in [7, 11) is 0. The summed E-state index contributed by atoms with van der Waals surface area (Å²) in [5.41, 5.74) is 3.67. The fourth-order valence-corrected chi connectivity index (χ4v) is 3.69. The minimum absolute atomic E-state index is 0.00267. The number of benzene rings is 2. The van der Waals surface area contributed by atoms with Gasteiger partial charge in [-0.2, -0.15) is 5.84 Å². The third kappa shape index (κ3) is 1.66. The molecule has 0 radical (unpaired) electrons. The van der Waals surface area contributed by atoms with Gasteiger partial charge in [-0.15, -0.1) is 0 Å². The molecule has 2 aliphatic carbocycles. The van der Waals surface area contributed by atoms with Gasteiger partial charge in [-0.25, -0.2) is 0 Å². The van der Waals surface area contributed by atoms with Crippen LogP contribution >= 0.6 is 0 Å². The highest BCUT2D eigenvalue weighted by molar-refractivity contribution is 6.42. The number of quaternary nitrogens is 1. The summed E-state index contributed by atoms with van der Waals surface area (Å²) >= 11 is 0. The lowest BCUT2D eigenvalue weighted by Crippen LogP contribution is -2.92. The molecule has 0 amide bonds. The van der Waals surface area contributed by atoms with Crippen molar-refractivity contribution < 1.29 is 25.2 Å². The molecule has 2 aromatic rings. The predicted molar refractivity (Wildman–Crippen MR) is 85.4 cm³/mol. The summed E-state index contributed by atoms with van der Waals surface area (Å²) < 4.78 is 0. The van der Waals surface area contributed by atoms with Crippen LogP contribution in [0.3, 0.4) is 0 Å². The van der Waals surface area contributed by atoms with Crippen LogP contribution in [-0.4, -0.2) is 21.8 Å². The Balaban J connectivity index is 2.07. The highest BCUT2D eigenvalue weighted by Gasteiger charge is 2.47. The number of rotatable bonds is 1. The minimum Gasteiger partial charge on any atom is -0.507 e. The quantitative estimate of drug-likeness (QED) is 0.456. The predicted octanol–water partition coefficient (Wildman–Crippen LogP) is 0.731. The van der Waals surface area contributed by atoms with Gasteiger partial charge in [0.2, 0.25) is 5.78 Å². The van der Waals surface area contributed by atoms with Gasteiger partial charge in [0.05, 0.1) is 11.1 Å². The summed E-state index contributed by atoms with van der Waals surface area (Å²) in [6, 6.07) is 7.17. The van der Waals surface area contributed by atoms with Crippen molar-refractivity contribution in [2.45, 2.75) is 13.0 Å². The molecular formula is C18H15N2O4+. The molecular weight excluding hydrogens is 308 g/mol. The van der Waals surface area contributed by atoms with Crippen molar-refractivity contribution in [1.29, 1.82) is 0 Å². The first kappa shape index (κ1) is 14.6. The van der Waals surface area contributed by atoms with Crippen LogP contribution in [-0.2, 0) is 0 Å². The third-order valence-corrected chi connectivity index (χ3v) is 4.64. The zero-order valence-electron chi connectivity index (χ0n) is 12.8. The van der Waals surface area contributed by atoms with Crippen LogP contribution in [0.25, 0.3) is 5.57 Å². The normalized spacial score (nSPS) is 18.5. The number of fused-ring (bicyclic) bond motifs is 3. The molecule has 2 aliphatic rings. The number of carbonyl (C=O) groups excluding carboxylic acids is 2. The second-order valence-electron chi connectivity index (χ2n) is 6.07. The van der Waals surface area contributed by atoms with Crippen LogP contribution in [0.5, 0.6) is 11.5 Å². The molecule has 0 saturated heterocycles. The zero-order chi connectivity index (χ0) is 17.2. The molecule has 24 heavy (non-hydrogen) atoms. The monoisotopic (exact) mass is 323 g/mol. The van der Waals surface area contributed by atoms with Gasteiger partial charge in [-0.3, -0.25) is 15.0 Å². The van der Waals surface area contributed by atoms with Crippen molar-refractivity contribution in [2.75, 3.05) is 0 Å². The van der Waals surface area contributed by atoms with Gasteiger partial charge < -0.3 is 10.2 Å². The fourth-order valence-electron chi connectivity index (χ4n) is 3.69. The first-order valence-corrected chi connectivity index (χ1v) is 7.50. The summed E-state index contributed by atoms with van der Waals surface area (Å²) in [6.07, 6.45) is 0. The molecule has 6 nitrogen and oxygen atoms in total. The van der Waals surface area contributed by atoms with Gasteiger partial charge in [0.15, 0.2) is 11.8 Å². The van der Waals surface area contributed by atoms with E-state index in [2.05, 4.69) is 0 Å². The largest absolute Gasteiger partial charge is 0.507 e. The van der Waals surface area contributed by atoms with Crippen LogP contribution in [0, 0.1) is 6.92 Å². The highest BCUT2D eigenvalue weighted by atomic mass is 16.3. The molecule has 4 rings (SSSR count). The highest BCUT2D eigenvalue weighted by Crippen LogP contribution is 2.49. The van der Waals surface area contributed by atoms with Crippen molar-refractivity contribution in [1.82, 2.24) is 0 Å². The Labute approximate surface area is 137 Å². The third-order valence-electron chi connectivity index (χ3n) is 4.64. The number of aromatic hydroxyl groups is 2. The van der Waals surface area contributed by atoms with Crippen LogP contribution < -0.4 is 11.3 Å². The maximum Gasteiger partial charge on any atom is 0.200 e. The van der Waals surface area contributed by atoms with E-state index in [1.165, 1.54) is 23.6 Å². The number of carbonyl (C=O) groups is 2. The average molecular weight is 323 g/mol. The summed E-state index contributed by atoms with van der Waals surface area (Å²) in [5, 5.41) is 20.4. The van der Waals surface area contributed by atoms with Crippen LogP contribution in [0.2, 0.25) is 0 Å². The molecule has 2 aromatic carbocycles. The van der Waals surface area contributed by atoms with Crippen LogP contribution in [0.4, 0.5) is 0 Å². The van der Waals surface area contributed by atoms with E-state index in [1.54, 1.807) is 6.07 Å². The number of aryl methyl sites for hydroxylation is 1. The fraction of sp³-hybridized carbons (Fsp3) is 0.111. The Hall–Kier alpha value is -2.96. The van der Waals surface area contributed by atoms with Gasteiger partial charge >= 0.3 is 0 Å². The molecule has 0 aromatic heterocycles. The van der Waals surface area contributed by atoms with Crippen molar-refractivity contribution >= 4 is 17.1 Å². The first-order chi connectivity index (χ1) is 11.5. The number of ketones is 2. The Bertz CT molecular complexity index is 975. The summed E-state index contributed by atoms with van der Waals surface area (Å²) in [4.78, 5) is 25.9. The Kier molecular flexibility index (Phi) is 2.90. The molecule has 6 N–H and O–H groups in total. The number of nitrogens with two attached hydrogens (primary N) is 2. The van der Waals surface area contributed by atoms with Gasteiger partial charge in [0.25, 0.3) is 0 Å². The standard InChI is InChI=1S/C18H14N2O4/c1-7-5-9-12(11(22)6-7)14-15(16(9)20-19)18(24)13-8(17(14)23)3-2-4-10(13)21/h2-6,16,20-22H,19H2,1H3/p+1. The Morgan fingerprint density at radius 3 is 2.50 bits per heavy atom. The molecule has 0 saturated carbocycles. The molecule has 6 heteroatoms. The van der Waals surface area contributed by atoms with E-state index < -0.39 is 11.8 Å². The Morgan fingerprint density at radius 2 is 1.79 bits per heavy atom. The maximum atomic E-state index is 13.0. The molecule has 1 unspecified atom stereocenters. The summed E-state index contributed by atoms with van der Waals surface area (Å²) in [5.74, 6) is 4.65. The number of Topliss-reactive ketones (excluding diaryl/α,β-unsaturated/α-hetero) is 2. The zero-order valence-corrected chi connectivity index (χ0v) is 12.8. The summed E-state index contributed by atoms with van der Waals surface area (Å²) in [6.45, 7) is 1.81. The SMILES string of the molecule is Cc1cc(O)c2c(c1)C([NH2+]N)C1=C2C(=O)c2cccc(O)c2C1=O. The van der Waals surface area contributed by atoms with Gasteiger partial charge in [-0.1, -0.05) is 12.1 Å². The van der Waals surface area contributed by atoms with Crippen molar-refractivity contribution in [3.05, 3.63) is 63.7 Å². The van der Waals surface area contributed by atoms with Gasteiger partial charge in [0.1, 0.15) is 11.5 Å². The topological polar surface area (TPSA) is 117 Å². The molecule has 0 heterocycles. The molecule has 0 aliphatic heterocycles. The van der Waals surface area contributed by atoms with E-state index in [0.717, 1.165) is 5.56 Å². The van der Waals surface area contributed by atoms with E-state index in [1.807, 2.05) is 13.0 Å². The smallest absolute Gasteiger partial charge is 0.200 e. The van der Waals surface area contributed by atoms with Crippen LogP contribution in [0.15, 0.2) is 35.9 Å². The van der Waals surface area contributed by atoms with Crippen molar-refractivity contribution in [3.63, 3.8) is 0 Å². The number of phenols is 2. The lowest BCUT2D eigenvalue weighted by molar-refractivity contribution is -0.698. The molecule has 120 valence electrons. The number of allylic oxidation sites excluding steroid dienone is 1. The number of hydrogen-bond acceptors (Lipinski definition) is 5. The first-order valence-electron chi connectivity index (χ1n) is 7.50. The number of phenolic OH excluding ortho intramolecular Hbond substituents is 2. The molecule has 0 spiro atoms. The maximum absolute atomic E-state index is 13.0. The molecule has 0 bridgehead atoms. The van der Waals surface area contributed by atoms with Crippen molar-refractivity contribution in [2.24, 2.45) is 5.84 Å². The van der Waals surface area contributed by atoms with E-state index >= 15 is 0 Å². The second-order valence-corrected chi connectivity index (χ2v) is 6.07. The lowest BCUT2D eigenvalue weighted by atomic mass is 9.82. The molecule has 0 fully saturated rings. The van der Waals surface area contributed by atoms with Crippen LogP contribution in [0.1, 0.15) is 43.4 Å². The van der Waals surface area contributed by atoms with Gasteiger partial charge in [0, 0.05) is 22.3 Å². The average Bonchev–Trinajstić information content (AvgIpc) is 2.87. The van der Waals surface area contributed by atoms with E-state index in [0.29, 0.717) is 11.1 Å². The van der Waals surface area contributed by atoms with Crippen molar-refractivity contribution in [3.8, 4) is 11.5 Å². The second kappa shape index (κ2) is 4.77. The van der Waals surface area contributed by atoms with E-state index in [-0.39, 0.29) is 39.6 Å². The number of hydrogen-bond donors (Lipinski definition) is 4. The van der Waals surface area contributed by atoms with Gasteiger partial charge in [-0.05, 0) is 30.7 Å². The Morgan fingerprint density at radius 1 is 1.04 bits per heavy atom. The van der Waals surface area contributed by atoms with E-state index in [4.69, 9.17) is 5.84 Å².